The molecule has 0 aliphatic carbocycles. The van der Waals surface area contributed by atoms with Crippen LogP contribution in [0.1, 0.15) is 32.0 Å². The second-order valence-electron chi connectivity index (χ2n) is 6.98. The minimum Gasteiger partial charge on any atom is -0.452 e. The second-order valence-corrected chi connectivity index (χ2v) is 8.33. The van der Waals surface area contributed by atoms with E-state index in [9.17, 15) is 14.4 Å². The zero-order valence-electron chi connectivity index (χ0n) is 16.5. The van der Waals surface area contributed by atoms with Crippen molar-refractivity contribution >= 4 is 52.1 Å². The molecule has 158 valence electrons. The van der Waals surface area contributed by atoms with Crippen molar-refractivity contribution in [3.05, 3.63) is 81.0 Å². The van der Waals surface area contributed by atoms with Crippen molar-refractivity contribution in [3.8, 4) is 0 Å². The van der Waals surface area contributed by atoms with Gasteiger partial charge in [-0.15, -0.1) is 11.3 Å². The maximum absolute atomic E-state index is 12.7. The average molecular weight is 455 g/mol. The van der Waals surface area contributed by atoms with Gasteiger partial charge in [-0.3, -0.25) is 9.59 Å². The maximum Gasteiger partial charge on any atom is 0.338 e. The molecule has 1 aliphatic heterocycles. The molecule has 0 atom stereocenters. The molecular formula is C23H19ClN2O4S. The van der Waals surface area contributed by atoms with E-state index in [4.69, 9.17) is 16.3 Å². The molecule has 2 amide bonds. The van der Waals surface area contributed by atoms with Gasteiger partial charge in [0.2, 0.25) is 0 Å². The van der Waals surface area contributed by atoms with Gasteiger partial charge in [-0.1, -0.05) is 35.9 Å². The number of hydrogen-bond donors (Lipinski definition) is 1. The van der Waals surface area contributed by atoms with E-state index in [1.165, 1.54) is 29.5 Å². The lowest BCUT2D eigenvalue weighted by Crippen LogP contribution is -2.38. The number of para-hydroxylation sites is 1. The van der Waals surface area contributed by atoms with Crippen molar-refractivity contribution in [1.82, 2.24) is 0 Å². The van der Waals surface area contributed by atoms with E-state index < -0.39 is 5.97 Å². The third-order valence-electron chi connectivity index (χ3n) is 4.93. The number of nitrogens with one attached hydrogen (secondary N) is 1. The molecule has 0 bridgehead atoms. The summed E-state index contributed by atoms with van der Waals surface area (Å²) in [5, 5.41) is 4.78. The van der Waals surface area contributed by atoms with Gasteiger partial charge >= 0.3 is 5.97 Å². The van der Waals surface area contributed by atoms with Crippen molar-refractivity contribution in [1.29, 1.82) is 0 Å². The summed E-state index contributed by atoms with van der Waals surface area (Å²) in [6.07, 6.45) is 1.78. The summed E-state index contributed by atoms with van der Waals surface area (Å²) in [5.41, 5.74) is 2.46. The fourth-order valence-electron chi connectivity index (χ4n) is 3.42. The van der Waals surface area contributed by atoms with Crippen LogP contribution < -0.4 is 10.2 Å². The summed E-state index contributed by atoms with van der Waals surface area (Å²) in [5.74, 6) is -1.26. The number of carbonyl (C=O) groups excluding carboxylic acids is 3. The number of thiophene rings is 1. The Morgan fingerprint density at radius 1 is 1.10 bits per heavy atom. The normalized spacial score (nSPS) is 12.7. The Hall–Kier alpha value is -3.16. The Labute approximate surface area is 188 Å². The van der Waals surface area contributed by atoms with Gasteiger partial charge in [0.1, 0.15) is 0 Å². The van der Waals surface area contributed by atoms with Crippen LogP contribution in [0.2, 0.25) is 5.02 Å². The summed E-state index contributed by atoms with van der Waals surface area (Å²) in [6.45, 7) is 0.222. The van der Waals surface area contributed by atoms with E-state index >= 15 is 0 Å². The van der Waals surface area contributed by atoms with Crippen LogP contribution in [0, 0.1) is 0 Å². The number of halogens is 1. The topological polar surface area (TPSA) is 75.7 Å². The third kappa shape index (κ3) is 4.78. The first-order chi connectivity index (χ1) is 15.0. The number of anilines is 2. The minimum absolute atomic E-state index is 0.192. The second kappa shape index (κ2) is 9.32. The molecule has 8 heteroatoms. The highest BCUT2D eigenvalue weighted by molar-refractivity contribution is 7.12. The Morgan fingerprint density at radius 3 is 2.74 bits per heavy atom. The van der Waals surface area contributed by atoms with Gasteiger partial charge in [-0.05, 0) is 54.1 Å². The van der Waals surface area contributed by atoms with Gasteiger partial charge in [0.15, 0.2) is 6.61 Å². The van der Waals surface area contributed by atoms with E-state index in [2.05, 4.69) is 5.32 Å². The lowest BCUT2D eigenvalue weighted by atomic mass is 10.0. The van der Waals surface area contributed by atoms with Crippen LogP contribution in [0.15, 0.2) is 60.0 Å². The predicted octanol–water partition coefficient (Wildman–Crippen LogP) is 4.79. The molecule has 1 aromatic heterocycles. The smallest absolute Gasteiger partial charge is 0.338 e. The molecule has 6 nitrogen and oxygen atoms in total. The van der Waals surface area contributed by atoms with E-state index in [-0.39, 0.29) is 24.0 Å². The van der Waals surface area contributed by atoms with Crippen molar-refractivity contribution in [2.75, 3.05) is 23.4 Å². The molecule has 1 aliphatic rings. The van der Waals surface area contributed by atoms with Gasteiger partial charge in [0, 0.05) is 12.2 Å². The van der Waals surface area contributed by atoms with Gasteiger partial charge in [-0.25, -0.2) is 4.79 Å². The fraction of sp³-hybridized carbons (Fsp3) is 0.174. The Morgan fingerprint density at radius 2 is 1.94 bits per heavy atom. The highest BCUT2D eigenvalue weighted by Crippen LogP contribution is 2.27. The number of amides is 2. The number of aryl methyl sites for hydroxylation is 1. The van der Waals surface area contributed by atoms with E-state index in [1.807, 2.05) is 24.3 Å². The molecule has 0 saturated heterocycles. The van der Waals surface area contributed by atoms with E-state index in [1.54, 1.807) is 22.4 Å². The van der Waals surface area contributed by atoms with Crippen LogP contribution in [-0.4, -0.2) is 30.9 Å². The van der Waals surface area contributed by atoms with Gasteiger partial charge in [-0.2, -0.15) is 0 Å². The van der Waals surface area contributed by atoms with Crippen LogP contribution in [0.3, 0.4) is 0 Å². The van der Waals surface area contributed by atoms with Gasteiger partial charge < -0.3 is 15.0 Å². The molecule has 3 aromatic rings. The van der Waals surface area contributed by atoms with Crippen molar-refractivity contribution in [2.45, 2.75) is 12.8 Å². The number of fused-ring (bicyclic) bond motifs is 1. The highest BCUT2D eigenvalue weighted by Gasteiger charge is 2.23. The lowest BCUT2D eigenvalue weighted by Gasteiger charge is -2.29. The zero-order valence-corrected chi connectivity index (χ0v) is 18.0. The largest absolute Gasteiger partial charge is 0.452 e. The van der Waals surface area contributed by atoms with Crippen molar-refractivity contribution in [3.63, 3.8) is 0 Å². The summed E-state index contributed by atoms with van der Waals surface area (Å²) in [7, 11) is 0. The molecule has 0 unspecified atom stereocenters. The standard InChI is InChI=1S/C23H19ClN2O4S/c24-17-10-9-16(13-18(17)25-22(28)20-8-4-12-31-20)23(29)30-14-21(27)26-11-3-6-15-5-1-2-7-19(15)26/h1-2,4-5,7-10,12-13H,3,6,11,14H2,(H,25,28). The van der Waals surface area contributed by atoms with Gasteiger partial charge in [0.05, 0.1) is 21.2 Å². The SMILES string of the molecule is O=C(OCC(=O)N1CCCc2ccccc21)c1ccc(Cl)c(NC(=O)c2cccs2)c1. The van der Waals surface area contributed by atoms with Crippen LogP contribution >= 0.6 is 22.9 Å². The van der Waals surface area contributed by atoms with Crippen LogP contribution in [-0.2, 0) is 16.0 Å². The van der Waals surface area contributed by atoms with Crippen LogP contribution in [0.4, 0.5) is 11.4 Å². The lowest BCUT2D eigenvalue weighted by molar-refractivity contribution is -0.121. The fourth-order valence-corrected chi connectivity index (χ4v) is 4.20. The predicted molar refractivity (Wildman–Crippen MR) is 121 cm³/mol. The number of esters is 1. The molecular weight excluding hydrogens is 436 g/mol. The van der Waals surface area contributed by atoms with Gasteiger partial charge in [0.25, 0.3) is 11.8 Å². The molecule has 0 saturated carbocycles. The van der Waals surface area contributed by atoms with Crippen LogP contribution in [0.25, 0.3) is 0 Å². The van der Waals surface area contributed by atoms with Crippen LogP contribution in [0.5, 0.6) is 0 Å². The monoisotopic (exact) mass is 454 g/mol. The number of hydrogen-bond acceptors (Lipinski definition) is 5. The molecule has 1 N–H and O–H groups in total. The Bertz CT molecular complexity index is 1130. The zero-order chi connectivity index (χ0) is 21.8. The number of rotatable bonds is 5. The molecule has 4 rings (SSSR count). The minimum atomic E-state index is -0.665. The quantitative estimate of drug-likeness (QED) is 0.562. The number of ether oxygens (including phenoxy) is 1. The number of nitrogens with zero attached hydrogens (tertiary/aromatic N) is 1. The first-order valence-corrected chi connectivity index (χ1v) is 11.0. The Balaban J connectivity index is 1.41. The van der Waals surface area contributed by atoms with E-state index in [0.29, 0.717) is 22.1 Å². The molecule has 0 radical (unpaired) electrons. The molecule has 2 heterocycles. The summed E-state index contributed by atoms with van der Waals surface area (Å²) in [6, 6.07) is 15.6. The molecule has 0 spiro atoms. The van der Waals surface area contributed by atoms with Crippen molar-refractivity contribution < 1.29 is 19.1 Å². The van der Waals surface area contributed by atoms with E-state index in [0.717, 1.165) is 24.1 Å². The third-order valence-corrected chi connectivity index (χ3v) is 6.13. The number of benzene rings is 2. The first-order valence-electron chi connectivity index (χ1n) is 9.73. The summed E-state index contributed by atoms with van der Waals surface area (Å²) < 4.78 is 5.25. The maximum atomic E-state index is 12.7. The highest BCUT2D eigenvalue weighted by atomic mass is 35.5. The summed E-state index contributed by atoms with van der Waals surface area (Å²) >= 11 is 7.46. The molecule has 31 heavy (non-hydrogen) atoms. The summed E-state index contributed by atoms with van der Waals surface area (Å²) in [4.78, 5) is 39.6. The average Bonchev–Trinajstić information content (AvgIpc) is 3.33. The Kier molecular flexibility index (Phi) is 6.34. The first kappa shape index (κ1) is 21.1. The number of carbonyl (C=O) groups is 3. The molecule has 2 aromatic carbocycles. The van der Waals surface area contributed by atoms with Crippen molar-refractivity contribution in [2.24, 2.45) is 0 Å². The molecule has 0 fully saturated rings.